The minimum Gasteiger partial charge on any atom is -0.295 e. The molecule has 2 N–H and O–H groups in total. The second kappa shape index (κ2) is 7.23. The zero-order valence-corrected chi connectivity index (χ0v) is 14.9. The van der Waals surface area contributed by atoms with Crippen LogP contribution in [0.1, 0.15) is 34.1 Å². The molecule has 0 spiro atoms. The minimum atomic E-state index is -0.319. The molecule has 3 aromatic rings. The lowest BCUT2D eigenvalue weighted by Gasteiger charge is -2.02. The Hall–Kier alpha value is -3.41. The Balaban J connectivity index is 1.86. The molecule has 2 aromatic carbocycles. The van der Waals surface area contributed by atoms with Gasteiger partial charge in [-0.05, 0) is 45.0 Å². The van der Waals surface area contributed by atoms with E-state index in [0.29, 0.717) is 22.5 Å². The smallest absolute Gasteiger partial charge is 0.280 e. The molecular weight excluding hydrogens is 328 g/mol. The van der Waals surface area contributed by atoms with Gasteiger partial charge in [0.25, 0.3) is 11.5 Å². The van der Waals surface area contributed by atoms with E-state index in [2.05, 4.69) is 15.6 Å². The quantitative estimate of drug-likeness (QED) is 0.562. The highest BCUT2D eigenvalue weighted by molar-refractivity contribution is 6.01. The number of hydrogen-bond donors (Lipinski definition) is 2. The van der Waals surface area contributed by atoms with Gasteiger partial charge in [0.2, 0.25) is 0 Å². The normalized spacial score (nSPS) is 11.4. The van der Waals surface area contributed by atoms with Crippen molar-refractivity contribution in [1.82, 2.24) is 15.2 Å². The van der Waals surface area contributed by atoms with Gasteiger partial charge in [0.1, 0.15) is 0 Å². The van der Waals surface area contributed by atoms with E-state index in [4.69, 9.17) is 0 Å². The summed E-state index contributed by atoms with van der Waals surface area (Å²) in [5, 5.41) is 7.15. The number of para-hydroxylation sites is 1. The highest BCUT2D eigenvalue weighted by atomic mass is 16.2. The summed E-state index contributed by atoms with van der Waals surface area (Å²) in [5.74, 6) is -0.319. The largest absolute Gasteiger partial charge is 0.295 e. The van der Waals surface area contributed by atoms with Crippen LogP contribution in [0.25, 0.3) is 5.69 Å². The van der Waals surface area contributed by atoms with Gasteiger partial charge in [-0.1, -0.05) is 35.9 Å². The number of carbonyl (C=O) groups excluding carboxylic acids is 1. The molecule has 0 fully saturated rings. The van der Waals surface area contributed by atoms with E-state index >= 15 is 0 Å². The standard InChI is InChI=1S/C20H20N4O2/c1-13-9-11-16(12-10-13)19(25)22-21-14(2)18-15(3)23-24(20(18)26)17-7-5-4-6-8-17/h4-12,23H,1-3H3,(H,22,25)/b21-14+. The number of hydrogen-bond acceptors (Lipinski definition) is 3. The highest BCUT2D eigenvalue weighted by Gasteiger charge is 2.15. The van der Waals surface area contributed by atoms with Crippen LogP contribution < -0.4 is 11.0 Å². The van der Waals surface area contributed by atoms with Crippen LogP contribution in [0.5, 0.6) is 0 Å². The molecule has 26 heavy (non-hydrogen) atoms. The van der Waals surface area contributed by atoms with Crippen LogP contribution in [0, 0.1) is 13.8 Å². The molecule has 3 rings (SSSR count). The van der Waals surface area contributed by atoms with Gasteiger partial charge < -0.3 is 0 Å². The summed E-state index contributed by atoms with van der Waals surface area (Å²) in [5.41, 5.74) is 6.20. The van der Waals surface area contributed by atoms with E-state index in [1.54, 1.807) is 26.0 Å². The first kappa shape index (κ1) is 17.4. The monoisotopic (exact) mass is 348 g/mol. The van der Waals surface area contributed by atoms with Gasteiger partial charge in [0.15, 0.2) is 0 Å². The molecule has 132 valence electrons. The highest BCUT2D eigenvalue weighted by Crippen LogP contribution is 2.08. The predicted molar refractivity (Wildman–Crippen MR) is 102 cm³/mol. The van der Waals surface area contributed by atoms with Crippen LogP contribution in [0.2, 0.25) is 0 Å². The Morgan fingerprint density at radius 1 is 1.04 bits per heavy atom. The van der Waals surface area contributed by atoms with Crippen LogP contribution in [-0.4, -0.2) is 21.4 Å². The predicted octanol–water partition coefficient (Wildman–Crippen LogP) is 2.94. The molecule has 0 aliphatic rings. The second-order valence-corrected chi connectivity index (χ2v) is 6.09. The maximum absolute atomic E-state index is 12.7. The Bertz CT molecular complexity index is 1010. The third-order valence-corrected chi connectivity index (χ3v) is 4.09. The number of aryl methyl sites for hydroxylation is 2. The van der Waals surface area contributed by atoms with Crippen molar-refractivity contribution in [1.29, 1.82) is 0 Å². The lowest BCUT2D eigenvalue weighted by Crippen LogP contribution is -2.23. The number of hydrazone groups is 1. The average molecular weight is 348 g/mol. The van der Waals surface area contributed by atoms with Crippen molar-refractivity contribution < 1.29 is 4.79 Å². The Kier molecular flexibility index (Phi) is 4.84. The number of benzene rings is 2. The molecular formula is C20H20N4O2. The lowest BCUT2D eigenvalue weighted by molar-refractivity contribution is 0.0955. The first-order valence-corrected chi connectivity index (χ1v) is 8.26. The Labute approximate surface area is 151 Å². The van der Waals surface area contributed by atoms with Crippen molar-refractivity contribution in [2.45, 2.75) is 20.8 Å². The summed E-state index contributed by atoms with van der Waals surface area (Å²) in [6.45, 7) is 5.45. The van der Waals surface area contributed by atoms with Gasteiger partial charge in [-0.15, -0.1) is 0 Å². The molecule has 0 radical (unpaired) electrons. The zero-order valence-electron chi connectivity index (χ0n) is 14.9. The van der Waals surface area contributed by atoms with Gasteiger partial charge in [-0.2, -0.15) is 5.10 Å². The fourth-order valence-corrected chi connectivity index (χ4v) is 2.69. The first-order chi connectivity index (χ1) is 12.5. The summed E-state index contributed by atoms with van der Waals surface area (Å²) in [6.07, 6.45) is 0. The molecule has 0 saturated heterocycles. The fourth-order valence-electron chi connectivity index (χ4n) is 2.69. The van der Waals surface area contributed by atoms with Crippen LogP contribution in [0.4, 0.5) is 0 Å². The topological polar surface area (TPSA) is 79.2 Å². The van der Waals surface area contributed by atoms with Gasteiger partial charge in [0, 0.05) is 11.3 Å². The molecule has 1 heterocycles. The maximum atomic E-state index is 12.7. The molecule has 6 heteroatoms. The maximum Gasteiger partial charge on any atom is 0.280 e. The molecule has 0 aliphatic heterocycles. The van der Waals surface area contributed by atoms with Crippen LogP contribution in [0.15, 0.2) is 64.5 Å². The number of nitrogens with one attached hydrogen (secondary N) is 2. The third kappa shape index (κ3) is 3.49. The van der Waals surface area contributed by atoms with Crippen LogP contribution in [-0.2, 0) is 0 Å². The van der Waals surface area contributed by atoms with Crippen molar-refractivity contribution in [2.75, 3.05) is 0 Å². The summed E-state index contributed by atoms with van der Waals surface area (Å²) < 4.78 is 1.46. The van der Waals surface area contributed by atoms with Crippen molar-refractivity contribution >= 4 is 11.6 Å². The van der Waals surface area contributed by atoms with Gasteiger partial charge in [-0.25, -0.2) is 10.1 Å². The van der Waals surface area contributed by atoms with Gasteiger partial charge in [-0.3, -0.25) is 14.7 Å². The number of aromatic amines is 1. The number of amides is 1. The number of rotatable bonds is 4. The lowest BCUT2D eigenvalue weighted by atomic mass is 10.1. The fraction of sp³-hybridized carbons (Fsp3) is 0.150. The summed E-state index contributed by atoms with van der Waals surface area (Å²) in [4.78, 5) is 24.9. The molecule has 0 aliphatic carbocycles. The van der Waals surface area contributed by atoms with E-state index in [9.17, 15) is 9.59 Å². The second-order valence-electron chi connectivity index (χ2n) is 6.09. The minimum absolute atomic E-state index is 0.209. The van der Waals surface area contributed by atoms with E-state index in [1.165, 1.54) is 4.68 Å². The number of nitrogens with zero attached hydrogens (tertiary/aromatic N) is 2. The van der Waals surface area contributed by atoms with Crippen molar-refractivity contribution in [3.05, 3.63) is 87.3 Å². The molecule has 0 atom stereocenters. The Morgan fingerprint density at radius 3 is 2.35 bits per heavy atom. The molecule has 6 nitrogen and oxygen atoms in total. The van der Waals surface area contributed by atoms with Crippen LogP contribution >= 0.6 is 0 Å². The van der Waals surface area contributed by atoms with Crippen molar-refractivity contribution in [2.24, 2.45) is 5.10 Å². The van der Waals surface area contributed by atoms with E-state index in [1.807, 2.05) is 49.4 Å². The van der Waals surface area contributed by atoms with Crippen LogP contribution in [0.3, 0.4) is 0 Å². The SMILES string of the molecule is C/C(=N\NC(=O)c1ccc(C)cc1)c1c(C)[nH]n(-c2ccccc2)c1=O. The summed E-state index contributed by atoms with van der Waals surface area (Å²) in [7, 11) is 0. The van der Waals surface area contributed by atoms with Crippen molar-refractivity contribution in [3.63, 3.8) is 0 Å². The number of H-pyrrole nitrogens is 1. The third-order valence-electron chi connectivity index (χ3n) is 4.09. The summed E-state index contributed by atoms with van der Waals surface area (Å²) in [6, 6.07) is 16.5. The molecule has 0 saturated carbocycles. The number of carbonyl (C=O) groups is 1. The average Bonchev–Trinajstić information content (AvgIpc) is 2.95. The molecule has 1 amide bonds. The van der Waals surface area contributed by atoms with E-state index in [-0.39, 0.29) is 11.5 Å². The van der Waals surface area contributed by atoms with Gasteiger partial charge >= 0.3 is 0 Å². The molecule has 1 aromatic heterocycles. The number of aromatic nitrogens is 2. The first-order valence-electron chi connectivity index (χ1n) is 8.26. The van der Waals surface area contributed by atoms with Crippen molar-refractivity contribution in [3.8, 4) is 5.69 Å². The molecule has 0 bridgehead atoms. The van der Waals surface area contributed by atoms with E-state index < -0.39 is 0 Å². The van der Waals surface area contributed by atoms with E-state index in [0.717, 1.165) is 11.3 Å². The molecule has 0 unspecified atom stereocenters. The Morgan fingerprint density at radius 2 is 1.69 bits per heavy atom. The summed E-state index contributed by atoms with van der Waals surface area (Å²) >= 11 is 0. The zero-order chi connectivity index (χ0) is 18.7. The van der Waals surface area contributed by atoms with Gasteiger partial charge in [0.05, 0.1) is 17.0 Å².